The van der Waals surface area contributed by atoms with E-state index >= 15 is 0 Å². The number of aromatic nitrogens is 1. The van der Waals surface area contributed by atoms with E-state index in [1.54, 1.807) is 6.07 Å². The monoisotopic (exact) mass is 258 g/mol. The third-order valence-corrected chi connectivity index (χ3v) is 2.72. The largest absolute Gasteiger partial charge is 0.359 e. The Morgan fingerprint density at radius 2 is 1.95 bits per heavy atom. The molecule has 100 valence electrons. The number of rotatable bonds is 3. The first-order chi connectivity index (χ1) is 8.95. The van der Waals surface area contributed by atoms with E-state index in [1.807, 2.05) is 51.1 Å². The van der Waals surface area contributed by atoms with Gasteiger partial charge in [-0.15, -0.1) is 0 Å². The Balaban J connectivity index is 1.98. The summed E-state index contributed by atoms with van der Waals surface area (Å²) < 4.78 is 5.22. The van der Waals surface area contributed by atoms with E-state index in [4.69, 9.17) is 4.52 Å². The molecule has 0 aliphatic heterocycles. The summed E-state index contributed by atoms with van der Waals surface area (Å²) in [5, 5.41) is 6.60. The van der Waals surface area contributed by atoms with E-state index in [-0.39, 0.29) is 11.3 Å². The summed E-state index contributed by atoms with van der Waals surface area (Å²) >= 11 is 0. The Labute approximate surface area is 112 Å². The van der Waals surface area contributed by atoms with E-state index in [0.717, 1.165) is 11.3 Å². The first-order valence-corrected chi connectivity index (χ1v) is 6.26. The number of carbonyl (C=O) groups is 1. The fourth-order valence-electron chi connectivity index (χ4n) is 1.66. The van der Waals surface area contributed by atoms with E-state index in [0.29, 0.717) is 12.2 Å². The SMILES string of the molecule is CC(C)(C)c1cc(NC(=O)Cc2ccccc2)no1. The van der Waals surface area contributed by atoms with Gasteiger partial charge in [-0.2, -0.15) is 0 Å². The normalized spacial score (nSPS) is 11.3. The van der Waals surface area contributed by atoms with Gasteiger partial charge in [-0.05, 0) is 5.56 Å². The minimum atomic E-state index is -0.116. The fourth-order valence-corrected chi connectivity index (χ4v) is 1.66. The third kappa shape index (κ3) is 3.68. The molecule has 19 heavy (non-hydrogen) atoms. The molecule has 1 N–H and O–H groups in total. The fraction of sp³-hybridized carbons (Fsp3) is 0.333. The topological polar surface area (TPSA) is 55.1 Å². The maximum Gasteiger partial charge on any atom is 0.230 e. The highest BCUT2D eigenvalue weighted by atomic mass is 16.5. The zero-order valence-electron chi connectivity index (χ0n) is 11.4. The number of carbonyl (C=O) groups excluding carboxylic acids is 1. The van der Waals surface area contributed by atoms with Gasteiger partial charge in [0.15, 0.2) is 5.82 Å². The lowest BCUT2D eigenvalue weighted by Crippen LogP contribution is -2.14. The summed E-state index contributed by atoms with van der Waals surface area (Å²) in [6.07, 6.45) is 0.332. The van der Waals surface area contributed by atoms with E-state index in [1.165, 1.54) is 0 Å². The number of anilines is 1. The molecule has 0 saturated carbocycles. The van der Waals surface area contributed by atoms with Crippen molar-refractivity contribution in [1.29, 1.82) is 0 Å². The number of nitrogens with one attached hydrogen (secondary N) is 1. The predicted octanol–water partition coefficient (Wildman–Crippen LogP) is 3.15. The van der Waals surface area contributed by atoms with Crippen LogP contribution >= 0.6 is 0 Å². The molecule has 4 heteroatoms. The van der Waals surface area contributed by atoms with Crippen molar-refractivity contribution in [2.45, 2.75) is 32.6 Å². The van der Waals surface area contributed by atoms with Crippen molar-refractivity contribution in [3.8, 4) is 0 Å². The zero-order valence-corrected chi connectivity index (χ0v) is 11.4. The minimum Gasteiger partial charge on any atom is -0.359 e. The molecule has 2 aromatic rings. The zero-order chi connectivity index (χ0) is 13.9. The molecule has 0 unspecified atom stereocenters. The Bertz CT molecular complexity index is 553. The second-order valence-electron chi connectivity index (χ2n) is 5.54. The molecule has 0 aliphatic carbocycles. The van der Waals surface area contributed by atoms with Crippen molar-refractivity contribution in [1.82, 2.24) is 5.16 Å². The standard InChI is InChI=1S/C15H18N2O2/c1-15(2,3)12-10-13(17-19-12)16-14(18)9-11-7-5-4-6-8-11/h4-8,10H,9H2,1-3H3,(H,16,17,18). The summed E-state index contributed by atoms with van der Waals surface area (Å²) in [6, 6.07) is 11.4. The van der Waals surface area contributed by atoms with Crippen molar-refractivity contribution in [2.24, 2.45) is 0 Å². The van der Waals surface area contributed by atoms with E-state index in [2.05, 4.69) is 10.5 Å². The van der Waals surface area contributed by atoms with Crippen LogP contribution in [-0.2, 0) is 16.6 Å². The molecule has 1 aromatic heterocycles. The molecule has 0 fully saturated rings. The van der Waals surface area contributed by atoms with Crippen LogP contribution in [0.4, 0.5) is 5.82 Å². The van der Waals surface area contributed by atoms with Gasteiger partial charge in [0.05, 0.1) is 6.42 Å². The van der Waals surface area contributed by atoms with E-state index in [9.17, 15) is 4.79 Å². The minimum absolute atomic E-state index is 0.0973. The predicted molar refractivity (Wildman–Crippen MR) is 74.0 cm³/mol. The first kappa shape index (κ1) is 13.3. The maximum atomic E-state index is 11.8. The van der Waals surface area contributed by atoms with Gasteiger partial charge in [-0.1, -0.05) is 56.3 Å². The molecule has 0 aliphatic rings. The maximum absolute atomic E-state index is 11.8. The summed E-state index contributed by atoms with van der Waals surface area (Å²) in [5.74, 6) is 1.12. The van der Waals surface area contributed by atoms with Gasteiger partial charge in [0.2, 0.25) is 5.91 Å². The summed E-state index contributed by atoms with van der Waals surface area (Å²) in [4.78, 5) is 11.8. The highest BCUT2D eigenvalue weighted by molar-refractivity contribution is 5.91. The Morgan fingerprint density at radius 1 is 1.26 bits per heavy atom. The molecule has 1 amide bonds. The number of hydrogen-bond donors (Lipinski definition) is 1. The van der Waals surface area contributed by atoms with Crippen molar-refractivity contribution in [3.05, 3.63) is 47.7 Å². The van der Waals surface area contributed by atoms with Crippen LogP contribution in [0, 0.1) is 0 Å². The van der Waals surface area contributed by atoms with Crippen LogP contribution in [0.3, 0.4) is 0 Å². The summed E-state index contributed by atoms with van der Waals surface area (Å²) in [7, 11) is 0. The number of nitrogens with zero attached hydrogens (tertiary/aromatic N) is 1. The van der Waals surface area contributed by atoms with Gasteiger partial charge >= 0.3 is 0 Å². The number of benzene rings is 1. The average Bonchev–Trinajstić information content (AvgIpc) is 2.78. The molecule has 0 spiro atoms. The van der Waals surface area contributed by atoms with Crippen molar-refractivity contribution < 1.29 is 9.32 Å². The molecule has 0 radical (unpaired) electrons. The molecule has 2 rings (SSSR count). The number of hydrogen-bond acceptors (Lipinski definition) is 3. The Kier molecular flexibility index (Phi) is 3.69. The van der Waals surface area contributed by atoms with Crippen molar-refractivity contribution in [2.75, 3.05) is 5.32 Å². The second kappa shape index (κ2) is 5.26. The molecule has 0 bridgehead atoms. The molecule has 1 aromatic carbocycles. The molecule has 0 saturated heterocycles. The van der Waals surface area contributed by atoms with Crippen molar-refractivity contribution in [3.63, 3.8) is 0 Å². The lowest BCUT2D eigenvalue weighted by Gasteiger charge is -2.12. The van der Waals surface area contributed by atoms with Gasteiger partial charge in [-0.25, -0.2) is 0 Å². The Hall–Kier alpha value is -2.10. The van der Waals surface area contributed by atoms with Gasteiger partial charge in [0, 0.05) is 11.5 Å². The quantitative estimate of drug-likeness (QED) is 0.920. The third-order valence-electron chi connectivity index (χ3n) is 2.72. The lowest BCUT2D eigenvalue weighted by molar-refractivity contribution is -0.115. The van der Waals surface area contributed by atoms with Crippen LogP contribution in [0.2, 0.25) is 0 Å². The molecule has 0 atom stereocenters. The van der Waals surface area contributed by atoms with Gasteiger partial charge in [0.25, 0.3) is 0 Å². The molecular weight excluding hydrogens is 240 g/mol. The van der Waals surface area contributed by atoms with E-state index < -0.39 is 0 Å². The summed E-state index contributed by atoms with van der Waals surface area (Å²) in [6.45, 7) is 6.09. The molecule has 1 heterocycles. The molecular formula is C15H18N2O2. The highest BCUT2D eigenvalue weighted by Crippen LogP contribution is 2.24. The van der Waals surface area contributed by atoms with Gasteiger partial charge < -0.3 is 9.84 Å². The van der Waals surface area contributed by atoms with Crippen LogP contribution in [0.25, 0.3) is 0 Å². The van der Waals surface area contributed by atoms with Crippen LogP contribution in [0.15, 0.2) is 40.9 Å². The van der Waals surface area contributed by atoms with Crippen molar-refractivity contribution >= 4 is 11.7 Å². The smallest absolute Gasteiger partial charge is 0.230 e. The molecule has 4 nitrogen and oxygen atoms in total. The van der Waals surface area contributed by atoms with Crippen LogP contribution in [-0.4, -0.2) is 11.1 Å². The van der Waals surface area contributed by atoms with Gasteiger partial charge in [0.1, 0.15) is 5.76 Å². The lowest BCUT2D eigenvalue weighted by atomic mass is 9.93. The van der Waals surface area contributed by atoms with Crippen LogP contribution in [0.1, 0.15) is 32.1 Å². The van der Waals surface area contributed by atoms with Gasteiger partial charge in [-0.3, -0.25) is 4.79 Å². The number of amides is 1. The summed E-state index contributed by atoms with van der Waals surface area (Å²) in [5.41, 5.74) is 0.856. The second-order valence-corrected chi connectivity index (χ2v) is 5.54. The first-order valence-electron chi connectivity index (χ1n) is 6.26. The van der Waals surface area contributed by atoms with Crippen LogP contribution in [0.5, 0.6) is 0 Å². The Morgan fingerprint density at radius 3 is 2.53 bits per heavy atom. The average molecular weight is 258 g/mol. The van der Waals surface area contributed by atoms with Crippen LogP contribution < -0.4 is 5.32 Å². The highest BCUT2D eigenvalue weighted by Gasteiger charge is 2.20.